The number of nitrogens with one attached hydrogen (secondary N) is 1. The number of fused-ring (bicyclic) bond motifs is 1. The Kier molecular flexibility index (Phi) is 3.92. The molecule has 1 unspecified atom stereocenters. The van der Waals surface area contributed by atoms with Crippen LogP contribution in [0.25, 0.3) is 10.1 Å². The number of rotatable bonds is 5. The second-order valence-electron chi connectivity index (χ2n) is 4.17. The van der Waals surface area contributed by atoms with Gasteiger partial charge in [0.1, 0.15) is 0 Å². The number of ketones is 1. The van der Waals surface area contributed by atoms with Crippen LogP contribution in [0.5, 0.6) is 0 Å². The molecule has 0 saturated heterocycles. The van der Waals surface area contributed by atoms with Gasteiger partial charge in [0.2, 0.25) is 0 Å². The Morgan fingerprint density at radius 3 is 2.94 bits per heavy atom. The lowest BCUT2D eigenvalue weighted by molar-refractivity contribution is 0.0942. The minimum Gasteiger partial charge on any atom is -0.310 e. The molecule has 0 aliphatic heterocycles. The van der Waals surface area contributed by atoms with E-state index in [1.807, 2.05) is 25.2 Å². The molecule has 0 aliphatic rings. The normalized spacial score (nSPS) is 12.8. The maximum absolute atomic E-state index is 12.3. The van der Waals surface area contributed by atoms with Gasteiger partial charge in [0.05, 0.1) is 6.04 Å². The molecule has 0 spiro atoms. The van der Waals surface area contributed by atoms with Gasteiger partial charge >= 0.3 is 0 Å². The zero-order valence-electron chi connectivity index (χ0n) is 10.2. The SMILES string of the molecule is CCCC(NC)C(=O)c1ccc2ccsc2c1. The van der Waals surface area contributed by atoms with E-state index < -0.39 is 0 Å². The molecule has 2 nitrogen and oxygen atoms in total. The van der Waals surface area contributed by atoms with Crippen molar-refractivity contribution in [1.82, 2.24) is 5.32 Å². The van der Waals surface area contributed by atoms with Gasteiger partial charge in [-0.25, -0.2) is 0 Å². The number of Topliss-reactive ketones (excluding diaryl/α,β-unsaturated/α-hetero) is 1. The predicted molar refractivity (Wildman–Crippen MR) is 73.9 cm³/mol. The Morgan fingerprint density at radius 2 is 2.24 bits per heavy atom. The summed E-state index contributed by atoms with van der Waals surface area (Å²) in [6.45, 7) is 2.10. The molecular formula is C14H17NOS. The first-order chi connectivity index (χ1) is 8.26. The Morgan fingerprint density at radius 1 is 1.41 bits per heavy atom. The fourth-order valence-corrected chi connectivity index (χ4v) is 2.83. The summed E-state index contributed by atoms with van der Waals surface area (Å²) in [5, 5.41) is 6.36. The largest absolute Gasteiger partial charge is 0.310 e. The fraction of sp³-hybridized carbons (Fsp3) is 0.357. The molecule has 1 aromatic carbocycles. The van der Waals surface area contributed by atoms with Crippen LogP contribution in [0.1, 0.15) is 30.1 Å². The lowest BCUT2D eigenvalue weighted by Crippen LogP contribution is -2.33. The Balaban J connectivity index is 2.28. The molecule has 1 N–H and O–H groups in total. The number of hydrogen-bond donors (Lipinski definition) is 1. The lowest BCUT2D eigenvalue weighted by atomic mass is 10.00. The Labute approximate surface area is 106 Å². The van der Waals surface area contributed by atoms with Gasteiger partial charge in [0, 0.05) is 10.3 Å². The van der Waals surface area contributed by atoms with Crippen LogP contribution in [0.3, 0.4) is 0 Å². The first-order valence-electron chi connectivity index (χ1n) is 5.95. The van der Waals surface area contributed by atoms with E-state index in [0.29, 0.717) is 0 Å². The van der Waals surface area contributed by atoms with Crippen LogP contribution in [-0.4, -0.2) is 18.9 Å². The second kappa shape index (κ2) is 5.43. The summed E-state index contributed by atoms with van der Waals surface area (Å²) in [7, 11) is 1.85. The van der Waals surface area contributed by atoms with Crippen LogP contribution in [-0.2, 0) is 0 Å². The summed E-state index contributed by atoms with van der Waals surface area (Å²) < 4.78 is 1.18. The molecule has 0 bridgehead atoms. The molecular weight excluding hydrogens is 230 g/mol. The van der Waals surface area contributed by atoms with E-state index in [1.165, 1.54) is 10.1 Å². The highest BCUT2D eigenvalue weighted by molar-refractivity contribution is 7.17. The van der Waals surface area contributed by atoms with Gasteiger partial charge in [-0.2, -0.15) is 0 Å². The van der Waals surface area contributed by atoms with Crippen LogP contribution in [0.4, 0.5) is 0 Å². The van der Waals surface area contributed by atoms with Gasteiger partial charge in [0.15, 0.2) is 5.78 Å². The maximum Gasteiger partial charge on any atom is 0.179 e. The van der Waals surface area contributed by atoms with Crippen LogP contribution < -0.4 is 5.32 Å². The van der Waals surface area contributed by atoms with Crippen molar-refractivity contribution in [3.63, 3.8) is 0 Å². The van der Waals surface area contributed by atoms with Crippen molar-refractivity contribution in [3.05, 3.63) is 35.2 Å². The van der Waals surface area contributed by atoms with Crippen molar-refractivity contribution in [2.24, 2.45) is 0 Å². The monoisotopic (exact) mass is 247 g/mol. The molecule has 1 aromatic heterocycles. The molecule has 0 amide bonds. The first kappa shape index (κ1) is 12.3. The average molecular weight is 247 g/mol. The van der Waals surface area contributed by atoms with Crippen LogP contribution >= 0.6 is 11.3 Å². The number of thiophene rings is 1. The van der Waals surface area contributed by atoms with Gasteiger partial charge < -0.3 is 5.32 Å². The third kappa shape index (κ3) is 2.56. The van der Waals surface area contributed by atoms with Crippen molar-refractivity contribution < 1.29 is 4.79 Å². The van der Waals surface area contributed by atoms with Crippen molar-refractivity contribution in [1.29, 1.82) is 0 Å². The van der Waals surface area contributed by atoms with Crippen LogP contribution in [0.15, 0.2) is 29.6 Å². The highest BCUT2D eigenvalue weighted by Crippen LogP contribution is 2.22. The minimum absolute atomic E-state index is 0.0580. The molecule has 17 heavy (non-hydrogen) atoms. The molecule has 0 fully saturated rings. The predicted octanol–water partition coefficient (Wildman–Crippen LogP) is 3.47. The summed E-state index contributed by atoms with van der Waals surface area (Å²) >= 11 is 1.68. The molecule has 0 saturated carbocycles. The topological polar surface area (TPSA) is 29.1 Å². The molecule has 3 heteroatoms. The van der Waals surface area contributed by atoms with Crippen molar-refractivity contribution in [2.75, 3.05) is 7.05 Å². The minimum atomic E-state index is -0.0580. The van der Waals surface area contributed by atoms with E-state index in [0.717, 1.165) is 18.4 Å². The third-order valence-electron chi connectivity index (χ3n) is 2.98. The first-order valence-corrected chi connectivity index (χ1v) is 6.83. The number of carbonyl (C=O) groups is 1. The lowest BCUT2D eigenvalue weighted by Gasteiger charge is -2.13. The smallest absolute Gasteiger partial charge is 0.179 e. The van der Waals surface area contributed by atoms with Gasteiger partial charge in [-0.15, -0.1) is 11.3 Å². The summed E-state index contributed by atoms with van der Waals surface area (Å²) in [6.07, 6.45) is 1.90. The van der Waals surface area contributed by atoms with E-state index in [4.69, 9.17) is 0 Å². The Bertz CT molecular complexity index is 518. The van der Waals surface area contributed by atoms with Gasteiger partial charge in [-0.05, 0) is 36.4 Å². The summed E-state index contributed by atoms with van der Waals surface area (Å²) in [6, 6.07) is 7.98. The van der Waals surface area contributed by atoms with Gasteiger partial charge in [-0.1, -0.05) is 25.5 Å². The zero-order chi connectivity index (χ0) is 12.3. The molecule has 1 atom stereocenters. The van der Waals surface area contributed by atoms with E-state index >= 15 is 0 Å². The van der Waals surface area contributed by atoms with Gasteiger partial charge in [0.25, 0.3) is 0 Å². The highest BCUT2D eigenvalue weighted by Gasteiger charge is 2.17. The summed E-state index contributed by atoms with van der Waals surface area (Å²) in [5.41, 5.74) is 0.813. The van der Waals surface area contributed by atoms with Crippen LogP contribution in [0, 0.1) is 0 Å². The maximum atomic E-state index is 12.3. The Hall–Kier alpha value is -1.19. The van der Waals surface area contributed by atoms with E-state index in [1.54, 1.807) is 11.3 Å². The zero-order valence-corrected chi connectivity index (χ0v) is 11.0. The number of benzene rings is 1. The molecule has 2 rings (SSSR count). The van der Waals surface area contributed by atoms with E-state index in [9.17, 15) is 4.79 Å². The molecule has 0 radical (unpaired) electrons. The molecule has 2 aromatic rings. The quantitative estimate of drug-likeness (QED) is 0.820. The molecule has 90 valence electrons. The number of hydrogen-bond acceptors (Lipinski definition) is 3. The van der Waals surface area contributed by atoms with Crippen molar-refractivity contribution >= 4 is 27.2 Å². The summed E-state index contributed by atoms with van der Waals surface area (Å²) in [4.78, 5) is 12.3. The fourth-order valence-electron chi connectivity index (χ4n) is 2.00. The molecule has 1 heterocycles. The number of carbonyl (C=O) groups excluding carboxylic acids is 1. The molecule has 0 aliphatic carbocycles. The second-order valence-corrected chi connectivity index (χ2v) is 5.12. The third-order valence-corrected chi connectivity index (χ3v) is 3.86. The standard InChI is InChI=1S/C14H17NOS/c1-3-4-12(15-2)14(16)11-6-5-10-7-8-17-13(10)9-11/h5-9,12,15H,3-4H2,1-2H3. The average Bonchev–Trinajstić information content (AvgIpc) is 2.82. The number of likely N-dealkylation sites (N-methyl/N-ethyl adjacent to an activating group) is 1. The highest BCUT2D eigenvalue weighted by atomic mass is 32.1. The van der Waals surface area contributed by atoms with Crippen molar-refractivity contribution in [3.8, 4) is 0 Å². The summed E-state index contributed by atoms with van der Waals surface area (Å²) in [5.74, 6) is 0.199. The van der Waals surface area contributed by atoms with Crippen LogP contribution in [0.2, 0.25) is 0 Å². The van der Waals surface area contributed by atoms with Gasteiger partial charge in [-0.3, -0.25) is 4.79 Å². The van der Waals surface area contributed by atoms with Crippen molar-refractivity contribution in [2.45, 2.75) is 25.8 Å². The van der Waals surface area contributed by atoms with E-state index in [2.05, 4.69) is 23.7 Å². The van der Waals surface area contributed by atoms with E-state index in [-0.39, 0.29) is 11.8 Å².